The van der Waals surface area contributed by atoms with Gasteiger partial charge in [-0.1, -0.05) is 6.08 Å². The summed E-state index contributed by atoms with van der Waals surface area (Å²) in [6.07, 6.45) is 3.45. The average Bonchev–Trinajstić information content (AvgIpc) is 2.29. The topological polar surface area (TPSA) is 38.3 Å². The van der Waals surface area contributed by atoms with Crippen LogP contribution in [0.1, 0.15) is 15.9 Å². The Balaban J connectivity index is 2.59. The summed E-state index contributed by atoms with van der Waals surface area (Å²) in [5.41, 5.74) is 0.922. The van der Waals surface area contributed by atoms with E-state index in [1.165, 1.54) is 19.2 Å². The molecule has 0 saturated heterocycles. The standard InChI is InChI=1S/C11H10FNO2/c1-13-11(14)8-4-5-9(12)10-7(8)3-2-6-15-10/h2-5H,6H2,1H3,(H,13,14). The number of benzene rings is 1. The molecule has 0 atom stereocenters. The number of halogens is 1. The Morgan fingerprint density at radius 1 is 1.53 bits per heavy atom. The number of carbonyl (C=O) groups excluding carboxylic acids is 1. The molecule has 0 fully saturated rings. The molecule has 1 N–H and O–H groups in total. The number of ether oxygens (including phenoxy) is 1. The van der Waals surface area contributed by atoms with Gasteiger partial charge in [0.2, 0.25) is 0 Å². The van der Waals surface area contributed by atoms with Crippen molar-refractivity contribution in [1.29, 1.82) is 0 Å². The highest BCUT2D eigenvalue weighted by Gasteiger charge is 2.18. The lowest BCUT2D eigenvalue weighted by Crippen LogP contribution is -2.20. The fourth-order valence-electron chi connectivity index (χ4n) is 1.52. The van der Waals surface area contributed by atoms with Crippen LogP contribution in [-0.2, 0) is 0 Å². The predicted octanol–water partition coefficient (Wildman–Crippen LogP) is 1.59. The van der Waals surface area contributed by atoms with Gasteiger partial charge in [0.05, 0.1) is 5.56 Å². The zero-order chi connectivity index (χ0) is 10.8. The molecule has 1 aromatic rings. The Bertz CT molecular complexity index is 440. The quantitative estimate of drug-likeness (QED) is 0.759. The largest absolute Gasteiger partial charge is 0.486 e. The second kappa shape index (κ2) is 3.73. The van der Waals surface area contributed by atoms with Crippen LogP contribution in [0.3, 0.4) is 0 Å². The van der Waals surface area contributed by atoms with Crippen LogP contribution in [0.2, 0.25) is 0 Å². The van der Waals surface area contributed by atoms with Crippen LogP contribution in [0, 0.1) is 5.82 Å². The molecule has 78 valence electrons. The van der Waals surface area contributed by atoms with E-state index in [1.807, 2.05) is 0 Å². The third kappa shape index (κ3) is 1.58. The Kier molecular flexibility index (Phi) is 2.41. The van der Waals surface area contributed by atoms with Crippen molar-refractivity contribution in [2.45, 2.75) is 0 Å². The van der Waals surface area contributed by atoms with Crippen molar-refractivity contribution in [1.82, 2.24) is 5.32 Å². The Hall–Kier alpha value is -1.84. The summed E-state index contributed by atoms with van der Waals surface area (Å²) in [7, 11) is 1.53. The zero-order valence-electron chi connectivity index (χ0n) is 8.21. The molecule has 0 aliphatic carbocycles. The second-order valence-corrected chi connectivity index (χ2v) is 3.13. The highest BCUT2D eigenvalue weighted by atomic mass is 19.1. The van der Waals surface area contributed by atoms with Crippen molar-refractivity contribution < 1.29 is 13.9 Å². The summed E-state index contributed by atoms with van der Waals surface area (Å²) in [6.45, 7) is 0.334. The molecule has 15 heavy (non-hydrogen) atoms. The van der Waals surface area contributed by atoms with Crippen molar-refractivity contribution in [2.24, 2.45) is 0 Å². The van der Waals surface area contributed by atoms with Gasteiger partial charge in [-0.2, -0.15) is 0 Å². The third-order valence-electron chi connectivity index (χ3n) is 2.23. The fraction of sp³-hybridized carbons (Fsp3) is 0.182. The molecule has 3 nitrogen and oxygen atoms in total. The number of nitrogens with one attached hydrogen (secondary N) is 1. The summed E-state index contributed by atoms with van der Waals surface area (Å²) in [6, 6.07) is 2.69. The molecule has 1 aromatic carbocycles. The van der Waals surface area contributed by atoms with Crippen LogP contribution in [-0.4, -0.2) is 19.6 Å². The predicted molar refractivity (Wildman–Crippen MR) is 54.3 cm³/mol. The van der Waals surface area contributed by atoms with Gasteiger partial charge in [0.15, 0.2) is 11.6 Å². The molecule has 1 amide bonds. The van der Waals surface area contributed by atoms with Crippen molar-refractivity contribution in [3.63, 3.8) is 0 Å². The Labute approximate surface area is 86.6 Å². The van der Waals surface area contributed by atoms with E-state index in [0.29, 0.717) is 17.7 Å². The summed E-state index contributed by atoms with van der Waals surface area (Å²) in [4.78, 5) is 11.5. The van der Waals surface area contributed by atoms with Crippen LogP contribution in [0.15, 0.2) is 18.2 Å². The van der Waals surface area contributed by atoms with Crippen LogP contribution in [0.25, 0.3) is 6.08 Å². The number of rotatable bonds is 1. The molecule has 0 radical (unpaired) electrons. The van der Waals surface area contributed by atoms with Gasteiger partial charge in [-0.25, -0.2) is 4.39 Å². The zero-order valence-corrected chi connectivity index (χ0v) is 8.21. The SMILES string of the molecule is CNC(=O)c1ccc(F)c2c1C=CCO2. The monoisotopic (exact) mass is 207 g/mol. The molecule has 1 aliphatic rings. The molecule has 0 unspecified atom stereocenters. The van der Waals surface area contributed by atoms with Gasteiger partial charge in [0.1, 0.15) is 6.61 Å². The molecule has 0 spiro atoms. The van der Waals surface area contributed by atoms with E-state index in [0.717, 1.165) is 0 Å². The lowest BCUT2D eigenvalue weighted by atomic mass is 10.0. The summed E-state index contributed by atoms with van der Waals surface area (Å²) >= 11 is 0. The molecule has 0 aromatic heterocycles. The highest BCUT2D eigenvalue weighted by Crippen LogP contribution is 2.30. The van der Waals surface area contributed by atoms with E-state index in [9.17, 15) is 9.18 Å². The molecule has 1 aliphatic heterocycles. The van der Waals surface area contributed by atoms with Crippen LogP contribution in [0.4, 0.5) is 4.39 Å². The minimum Gasteiger partial charge on any atom is -0.486 e. The van der Waals surface area contributed by atoms with Gasteiger partial charge in [0, 0.05) is 12.6 Å². The summed E-state index contributed by atoms with van der Waals surface area (Å²) < 4.78 is 18.5. The smallest absolute Gasteiger partial charge is 0.251 e. The summed E-state index contributed by atoms with van der Waals surface area (Å²) in [5.74, 6) is -0.540. The van der Waals surface area contributed by atoms with E-state index in [1.54, 1.807) is 12.2 Å². The first kappa shape index (κ1) is 9.71. The Morgan fingerprint density at radius 2 is 2.33 bits per heavy atom. The van der Waals surface area contributed by atoms with Gasteiger partial charge < -0.3 is 10.1 Å². The van der Waals surface area contributed by atoms with Gasteiger partial charge in [-0.15, -0.1) is 0 Å². The fourth-order valence-corrected chi connectivity index (χ4v) is 1.52. The number of hydrogen-bond donors (Lipinski definition) is 1. The average molecular weight is 207 g/mol. The van der Waals surface area contributed by atoms with Crippen LogP contribution >= 0.6 is 0 Å². The minimum absolute atomic E-state index is 0.151. The molecule has 4 heteroatoms. The van der Waals surface area contributed by atoms with Crippen molar-refractivity contribution in [2.75, 3.05) is 13.7 Å². The first-order valence-electron chi connectivity index (χ1n) is 4.58. The normalized spacial score (nSPS) is 12.9. The van der Waals surface area contributed by atoms with E-state index < -0.39 is 5.82 Å². The third-order valence-corrected chi connectivity index (χ3v) is 2.23. The maximum atomic E-state index is 13.3. The maximum absolute atomic E-state index is 13.3. The molecule has 0 bridgehead atoms. The van der Waals surface area contributed by atoms with Crippen molar-refractivity contribution >= 4 is 12.0 Å². The number of fused-ring (bicyclic) bond motifs is 1. The number of hydrogen-bond acceptors (Lipinski definition) is 2. The van der Waals surface area contributed by atoms with Crippen molar-refractivity contribution in [3.8, 4) is 5.75 Å². The maximum Gasteiger partial charge on any atom is 0.251 e. The Morgan fingerprint density at radius 3 is 3.07 bits per heavy atom. The first-order valence-corrected chi connectivity index (χ1v) is 4.58. The minimum atomic E-state index is -0.443. The van der Waals surface area contributed by atoms with Crippen LogP contribution < -0.4 is 10.1 Å². The van der Waals surface area contributed by atoms with Gasteiger partial charge in [-0.3, -0.25) is 4.79 Å². The molecular formula is C11H10FNO2. The van der Waals surface area contributed by atoms with E-state index in [2.05, 4.69) is 5.32 Å². The molecular weight excluding hydrogens is 197 g/mol. The number of amides is 1. The molecule has 0 saturated carbocycles. The first-order chi connectivity index (χ1) is 7.24. The van der Waals surface area contributed by atoms with Gasteiger partial charge >= 0.3 is 0 Å². The van der Waals surface area contributed by atoms with E-state index >= 15 is 0 Å². The van der Waals surface area contributed by atoms with Crippen LogP contribution in [0.5, 0.6) is 5.75 Å². The molecule has 1 heterocycles. The lowest BCUT2D eigenvalue weighted by molar-refractivity contribution is 0.0962. The lowest BCUT2D eigenvalue weighted by Gasteiger charge is -2.15. The van der Waals surface area contributed by atoms with E-state index in [4.69, 9.17) is 4.74 Å². The summed E-state index contributed by atoms with van der Waals surface area (Å²) in [5, 5.41) is 2.50. The second-order valence-electron chi connectivity index (χ2n) is 3.13. The van der Waals surface area contributed by atoms with Gasteiger partial charge in [0.25, 0.3) is 5.91 Å². The van der Waals surface area contributed by atoms with Gasteiger partial charge in [-0.05, 0) is 18.2 Å². The molecule has 2 rings (SSSR count). The van der Waals surface area contributed by atoms with E-state index in [-0.39, 0.29) is 11.7 Å². The van der Waals surface area contributed by atoms with Crippen molar-refractivity contribution in [3.05, 3.63) is 35.2 Å². The highest BCUT2D eigenvalue weighted by molar-refractivity contribution is 5.98. The number of carbonyl (C=O) groups is 1.